The van der Waals surface area contributed by atoms with E-state index in [-0.39, 0.29) is 48.3 Å². The first kappa shape index (κ1) is 49.1. The SMILES string of the molecule is O=S(=O)([O-])C1C2C3NC4NC(NC5NC(NC6NC(NC(N3)C2C(S(=O)(=O)[O-])C(S(=O)(=O)[O-])C1S(=O)(=O)[O-])C1CCCCC61)C1CCCCC51)C1CCCCC41.[Cl][Rh+2].[Cl][Rh+2]. The van der Waals surface area contributed by atoms with E-state index in [0.717, 1.165) is 77.0 Å². The number of nitrogens with one attached hydrogen (secondary N) is 8. The summed E-state index contributed by atoms with van der Waals surface area (Å²) in [5.41, 5.74) is 0. The number of fused-ring (bicyclic) bond motifs is 20. The molecule has 8 bridgehead atoms. The predicted molar refractivity (Wildman–Crippen MR) is 204 cm³/mol. The van der Waals surface area contributed by atoms with Gasteiger partial charge in [-0.3, -0.25) is 42.5 Å². The van der Waals surface area contributed by atoms with Crippen molar-refractivity contribution in [3.8, 4) is 0 Å². The molecule has 28 heteroatoms. The van der Waals surface area contributed by atoms with E-state index in [1.54, 1.807) is 0 Å². The molecule has 0 amide bonds. The van der Waals surface area contributed by atoms with Gasteiger partial charge in [-0.1, -0.05) is 38.5 Å². The van der Waals surface area contributed by atoms with Gasteiger partial charge in [0, 0.05) is 11.8 Å². The van der Waals surface area contributed by atoms with Crippen molar-refractivity contribution < 1.29 is 86.5 Å². The molecule has 9 aliphatic rings. The number of hydrogen-bond donors (Lipinski definition) is 8. The minimum atomic E-state index is -6.22. The van der Waals surface area contributed by atoms with Gasteiger partial charge >= 0.3 is 54.0 Å². The molecule has 8 N–H and O–H groups in total. The van der Waals surface area contributed by atoms with E-state index >= 15 is 0 Å². The molecule has 9 fully saturated rings. The minimum absolute atomic E-state index is 0.0364. The molecule has 0 aromatic rings. The van der Waals surface area contributed by atoms with E-state index in [0.29, 0.717) is 11.8 Å². The van der Waals surface area contributed by atoms with Crippen LogP contribution in [0.4, 0.5) is 0 Å². The van der Waals surface area contributed by atoms with Gasteiger partial charge in [0.25, 0.3) is 0 Å². The Labute approximate surface area is 380 Å². The number of rotatable bonds is 4. The van der Waals surface area contributed by atoms with E-state index < -0.39 is 98.0 Å². The third-order valence-corrected chi connectivity index (χ3v) is 20.9. The van der Waals surface area contributed by atoms with E-state index in [4.69, 9.17) is 0 Å². The van der Waals surface area contributed by atoms with Crippen molar-refractivity contribution in [2.24, 2.45) is 47.3 Å². The van der Waals surface area contributed by atoms with Gasteiger partial charge < -0.3 is 18.2 Å². The van der Waals surface area contributed by atoms with Crippen LogP contribution in [0.15, 0.2) is 0 Å². The van der Waals surface area contributed by atoms with E-state index in [1.807, 2.05) is 34.6 Å². The van der Waals surface area contributed by atoms with Crippen LogP contribution in [-0.2, 0) is 75.1 Å². The molecule has 4 saturated carbocycles. The molecule has 5 saturated heterocycles. The van der Waals surface area contributed by atoms with Gasteiger partial charge in [0.15, 0.2) is 0 Å². The van der Waals surface area contributed by atoms with Gasteiger partial charge in [0.1, 0.15) is 20.2 Å². The summed E-state index contributed by atoms with van der Waals surface area (Å²) < 4.78 is 157. The second kappa shape index (κ2) is 19.0. The summed E-state index contributed by atoms with van der Waals surface area (Å²) in [6.07, 6.45) is 6.60. The molecule has 348 valence electrons. The summed E-state index contributed by atoms with van der Waals surface area (Å²) in [6, 6.07) is 0. The van der Waals surface area contributed by atoms with Gasteiger partial charge in [0.2, 0.25) is 0 Å². The Morgan fingerprint density at radius 1 is 0.317 bits per heavy atom. The van der Waals surface area contributed by atoms with Crippen LogP contribution in [0.1, 0.15) is 77.0 Å². The first-order valence-electron chi connectivity index (χ1n) is 20.4. The predicted octanol–water partition coefficient (Wildman–Crippen LogP) is -1.93. The van der Waals surface area contributed by atoms with Crippen molar-refractivity contribution >= 4 is 59.9 Å². The van der Waals surface area contributed by atoms with E-state index in [2.05, 4.69) is 61.9 Å². The van der Waals surface area contributed by atoms with Gasteiger partial charge in [-0.15, -0.1) is 0 Å². The maximum absolute atomic E-state index is 13.3. The fourth-order valence-corrected chi connectivity index (χ4v) is 20.5. The van der Waals surface area contributed by atoms with Crippen LogP contribution >= 0.6 is 19.4 Å². The van der Waals surface area contributed by atoms with Crippen molar-refractivity contribution in [2.45, 2.75) is 147 Å². The molecular formula is C32H52Cl2N8O12Rh2S4. The summed E-state index contributed by atoms with van der Waals surface area (Å²) in [4.78, 5) is 0. The number of hydrogen-bond acceptors (Lipinski definition) is 20. The molecule has 0 spiro atoms. The average Bonchev–Trinajstić information content (AvgIpc) is 3.93. The van der Waals surface area contributed by atoms with E-state index in [1.165, 1.54) is 0 Å². The number of halogens is 2. The van der Waals surface area contributed by atoms with Gasteiger partial charge in [0.05, 0.1) is 90.6 Å². The standard InChI is InChI=1S/C32H56N8O12S4.2ClH.2Rh/c41-53(42,43)21-19-20(22(54(44,45)46)24(56(50,51)52)23(21)55(47,48)49)32-39-30-18-12-6-4-10-16(18)28(37-30)35-26-14-8-2-1-7-13(14)25(33-26)34-27-15-9-3-5-11-17(15)29(36-27)38-31(19)40-32;;;;/h13-40H,1-12H2,(H,41,42,43)(H,44,45,46)(H,47,48,49)(H,50,51,52);2*1H;;/q;;;2*+3/p-6. The topological polar surface area (TPSA) is 325 Å². The summed E-state index contributed by atoms with van der Waals surface area (Å²) >= 11 is 4.04. The van der Waals surface area contributed by atoms with Crippen LogP contribution in [0.25, 0.3) is 0 Å². The Bertz CT molecular complexity index is 1870. The summed E-state index contributed by atoms with van der Waals surface area (Å²) in [5, 5.41) is 16.2. The molecule has 9 rings (SSSR count). The second-order valence-corrected chi connectivity index (χ2v) is 24.1. The molecular weight excluding hydrogens is 1090 g/mol. The zero-order valence-electron chi connectivity index (χ0n) is 32.0. The van der Waals surface area contributed by atoms with Crippen LogP contribution in [0, 0.1) is 47.3 Å². The fourth-order valence-electron chi connectivity index (χ4n) is 13.4. The van der Waals surface area contributed by atoms with Crippen LogP contribution in [0.5, 0.6) is 0 Å². The Morgan fingerprint density at radius 3 is 0.667 bits per heavy atom. The Hall–Kier alpha value is 1.15. The normalized spacial score (nSPS) is 47.9. The first-order chi connectivity index (χ1) is 28.3. The molecule has 0 aromatic carbocycles. The van der Waals surface area contributed by atoms with Crippen molar-refractivity contribution in [3.05, 3.63) is 0 Å². The third kappa shape index (κ3) is 9.36. The molecule has 60 heavy (non-hydrogen) atoms. The molecule has 0 aromatic heterocycles. The van der Waals surface area contributed by atoms with Crippen molar-refractivity contribution in [1.82, 2.24) is 42.5 Å². The van der Waals surface area contributed by atoms with Gasteiger partial charge in [-0.05, 0) is 74.0 Å². The zero-order valence-corrected chi connectivity index (χ0v) is 40.0. The van der Waals surface area contributed by atoms with Crippen LogP contribution < -0.4 is 42.5 Å². The zero-order chi connectivity index (χ0) is 43.7. The Kier molecular flexibility index (Phi) is 15.6. The molecule has 20 unspecified atom stereocenters. The van der Waals surface area contributed by atoms with Gasteiger partial charge in [-0.25, -0.2) is 33.7 Å². The van der Waals surface area contributed by atoms with Crippen molar-refractivity contribution in [2.75, 3.05) is 0 Å². The van der Waals surface area contributed by atoms with Crippen molar-refractivity contribution in [3.63, 3.8) is 0 Å². The molecule has 0 radical (unpaired) electrons. The fraction of sp³-hybridized carbons (Fsp3) is 1.00. The van der Waals surface area contributed by atoms with Crippen LogP contribution in [-0.4, -0.2) is 122 Å². The van der Waals surface area contributed by atoms with Gasteiger partial charge in [-0.2, -0.15) is 0 Å². The molecule has 5 aliphatic heterocycles. The van der Waals surface area contributed by atoms with Crippen LogP contribution in [0.3, 0.4) is 0 Å². The maximum atomic E-state index is 13.3. The average molecular weight is 1150 g/mol. The molecule has 20 atom stereocenters. The summed E-state index contributed by atoms with van der Waals surface area (Å²) in [7, 11) is -15.3. The van der Waals surface area contributed by atoms with Crippen molar-refractivity contribution in [1.29, 1.82) is 0 Å². The molecule has 4 aliphatic carbocycles. The second-order valence-electron chi connectivity index (χ2n) is 18.0. The monoisotopic (exact) mass is 1140 g/mol. The first-order valence-corrected chi connectivity index (χ1v) is 30.5. The Balaban J connectivity index is 0.00000132. The Morgan fingerprint density at radius 2 is 0.483 bits per heavy atom. The summed E-state index contributed by atoms with van der Waals surface area (Å²) in [6.45, 7) is 0. The quantitative estimate of drug-likeness (QED) is 0.112. The molecule has 5 heterocycles. The van der Waals surface area contributed by atoms with E-state index in [9.17, 15) is 51.9 Å². The summed E-state index contributed by atoms with van der Waals surface area (Å²) in [5.74, 6) is -3.14. The third-order valence-electron chi connectivity index (χ3n) is 15.3. The molecule has 20 nitrogen and oxygen atoms in total. The van der Waals surface area contributed by atoms with Crippen LogP contribution in [0.2, 0.25) is 0 Å².